The highest BCUT2D eigenvalue weighted by atomic mass is 19.1. The average molecular weight is 554 g/mol. The van der Waals surface area contributed by atoms with Crippen LogP contribution < -0.4 is 15.0 Å². The lowest BCUT2D eigenvalue weighted by Crippen LogP contribution is -2.62. The van der Waals surface area contributed by atoms with E-state index in [-0.39, 0.29) is 23.8 Å². The number of amides is 1. The van der Waals surface area contributed by atoms with E-state index in [2.05, 4.69) is 47.8 Å². The number of hydrogen-bond donors (Lipinski definition) is 1. The van der Waals surface area contributed by atoms with Gasteiger partial charge in [-0.15, -0.1) is 0 Å². The van der Waals surface area contributed by atoms with Crippen LogP contribution in [0, 0.1) is 11.7 Å². The fourth-order valence-electron chi connectivity index (χ4n) is 6.16. The smallest absolute Gasteiger partial charge is 0.241 e. The Labute approximate surface area is 237 Å². The van der Waals surface area contributed by atoms with Crippen LogP contribution in [0.5, 0.6) is 5.88 Å². The Kier molecular flexibility index (Phi) is 9.35. The summed E-state index contributed by atoms with van der Waals surface area (Å²) in [7, 11) is 0. The van der Waals surface area contributed by atoms with E-state index in [9.17, 15) is 9.18 Å². The summed E-state index contributed by atoms with van der Waals surface area (Å²) < 4.78 is 25.2. The Bertz CT molecular complexity index is 1150. The standard InChI is InChI=1S/C31H44FN5O3/c1-21(2)11-27-20-40-31-29(13-25(14-34-31)12-24-5-7-26(32)8-6-24)37(27)30(38)18-36-16-22(3)33-15-28(36)17-35-9-10-39-19-23(35)4/h5-8,13-14,21-23,27-28,33H,9-12,15-20H2,1-4H3/t22-,23?,27?,28-/m1/s1. The number of ether oxygens (including phenoxy) is 2. The van der Waals surface area contributed by atoms with Gasteiger partial charge in [-0.25, -0.2) is 9.37 Å². The Morgan fingerprint density at radius 1 is 1.12 bits per heavy atom. The zero-order valence-corrected chi connectivity index (χ0v) is 24.3. The van der Waals surface area contributed by atoms with Crippen molar-refractivity contribution in [3.63, 3.8) is 0 Å². The maximum atomic E-state index is 14.2. The van der Waals surface area contributed by atoms with Crippen molar-refractivity contribution in [3.8, 4) is 5.88 Å². The number of halogens is 1. The number of carbonyl (C=O) groups is 1. The van der Waals surface area contributed by atoms with Crippen LogP contribution in [-0.2, 0) is 16.0 Å². The molecule has 4 atom stereocenters. The van der Waals surface area contributed by atoms with Crippen LogP contribution in [0.15, 0.2) is 36.5 Å². The van der Waals surface area contributed by atoms with Gasteiger partial charge in [-0.2, -0.15) is 0 Å². The van der Waals surface area contributed by atoms with Crippen molar-refractivity contribution in [2.45, 2.75) is 64.7 Å². The second-order valence-electron chi connectivity index (χ2n) is 12.1. The van der Waals surface area contributed by atoms with E-state index in [0.29, 0.717) is 43.5 Å². The maximum absolute atomic E-state index is 14.2. The van der Waals surface area contributed by atoms with Gasteiger partial charge in [0, 0.05) is 50.5 Å². The summed E-state index contributed by atoms with van der Waals surface area (Å²) >= 11 is 0. The zero-order valence-electron chi connectivity index (χ0n) is 24.3. The molecule has 0 radical (unpaired) electrons. The Hall–Kier alpha value is -2.59. The number of nitrogens with zero attached hydrogens (tertiary/aromatic N) is 4. The van der Waals surface area contributed by atoms with Crippen LogP contribution in [0.25, 0.3) is 0 Å². The quantitative estimate of drug-likeness (QED) is 0.538. The second kappa shape index (κ2) is 12.9. The number of aromatic nitrogens is 1. The first kappa shape index (κ1) is 28.9. The topological polar surface area (TPSA) is 70.2 Å². The van der Waals surface area contributed by atoms with Crippen LogP contribution in [0.1, 0.15) is 45.2 Å². The first-order valence-electron chi connectivity index (χ1n) is 14.7. The minimum absolute atomic E-state index is 0.0547. The lowest BCUT2D eigenvalue weighted by atomic mass is 10.00. The number of benzene rings is 1. The number of carbonyl (C=O) groups excluding carboxylic acids is 1. The molecule has 1 amide bonds. The molecule has 0 aliphatic carbocycles. The summed E-state index contributed by atoms with van der Waals surface area (Å²) in [6.07, 6.45) is 3.25. The molecule has 2 saturated heterocycles. The highest BCUT2D eigenvalue weighted by Gasteiger charge is 2.37. The third kappa shape index (κ3) is 7.00. The molecule has 9 heteroatoms. The van der Waals surface area contributed by atoms with Gasteiger partial charge in [0.2, 0.25) is 11.8 Å². The van der Waals surface area contributed by atoms with Crippen LogP contribution in [-0.4, -0.2) is 97.4 Å². The van der Waals surface area contributed by atoms with Crippen molar-refractivity contribution in [2.24, 2.45) is 5.92 Å². The Balaban J connectivity index is 1.38. The predicted molar refractivity (Wildman–Crippen MR) is 154 cm³/mol. The molecule has 2 fully saturated rings. The van der Waals surface area contributed by atoms with Crippen molar-refractivity contribution < 1.29 is 18.7 Å². The number of hydrogen-bond acceptors (Lipinski definition) is 7. The molecule has 2 aromatic rings. The van der Waals surface area contributed by atoms with E-state index in [1.54, 1.807) is 18.3 Å². The van der Waals surface area contributed by atoms with Crippen LogP contribution in [0.3, 0.4) is 0 Å². The Morgan fingerprint density at radius 3 is 2.67 bits per heavy atom. The van der Waals surface area contributed by atoms with Gasteiger partial charge in [0.25, 0.3) is 0 Å². The summed E-state index contributed by atoms with van der Waals surface area (Å²) in [6.45, 7) is 14.6. The minimum Gasteiger partial charge on any atom is -0.474 e. The van der Waals surface area contributed by atoms with Gasteiger partial charge in [0.1, 0.15) is 18.1 Å². The summed E-state index contributed by atoms with van der Waals surface area (Å²) in [5.41, 5.74) is 2.70. The van der Waals surface area contributed by atoms with E-state index < -0.39 is 0 Å². The lowest BCUT2D eigenvalue weighted by molar-refractivity contribution is -0.122. The monoisotopic (exact) mass is 553 g/mol. The summed E-state index contributed by atoms with van der Waals surface area (Å²) in [6, 6.07) is 9.43. The van der Waals surface area contributed by atoms with Crippen molar-refractivity contribution in [3.05, 3.63) is 53.5 Å². The third-order valence-corrected chi connectivity index (χ3v) is 8.28. The molecular weight excluding hydrogens is 509 g/mol. The summed E-state index contributed by atoms with van der Waals surface area (Å²) in [5.74, 6) is 0.752. The van der Waals surface area contributed by atoms with Gasteiger partial charge in [-0.1, -0.05) is 26.0 Å². The molecule has 4 heterocycles. The number of nitrogens with one attached hydrogen (secondary N) is 1. The average Bonchev–Trinajstić information content (AvgIpc) is 2.92. The van der Waals surface area contributed by atoms with Crippen molar-refractivity contribution in [1.29, 1.82) is 0 Å². The fourth-order valence-corrected chi connectivity index (χ4v) is 6.16. The zero-order chi connectivity index (χ0) is 28.2. The van der Waals surface area contributed by atoms with Gasteiger partial charge in [0.05, 0.1) is 25.8 Å². The van der Waals surface area contributed by atoms with E-state index in [4.69, 9.17) is 9.47 Å². The molecule has 0 bridgehead atoms. The number of anilines is 1. The first-order chi connectivity index (χ1) is 19.3. The van der Waals surface area contributed by atoms with Gasteiger partial charge in [0.15, 0.2) is 0 Å². The normalized spacial score (nSPS) is 26.0. The molecule has 2 unspecified atom stereocenters. The third-order valence-electron chi connectivity index (χ3n) is 8.28. The van der Waals surface area contributed by atoms with E-state index in [1.807, 2.05) is 11.0 Å². The van der Waals surface area contributed by atoms with Crippen molar-refractivity contribution in [1.82, 2.24) is 20.1 Å². The SMILES string of the molecule is CC(C)CC1COc2ncc(Cc3ccc(F)cc3)cc2N1C(=O)CN1C[C@@H](C)NC[C@@H]1CN1CCOCC1C. The van der Waals surface area contributed by atoms with Gasteiger partial charge < -0.3 is 14.8 Å². The predicted octanol–water partition coefficient (Wildman–Crippen LogP) is 3.33. The molecule has 0 saturated carbocycles. The molecule has 1 aromatic heterocycles. The molecule has 1 aromatic carbocycles. The number of fused-ring (bicyclic) bond motifs is 1. The van der Waals surface area contributed by atoms with E-state index in [0.717, 1.165) is 62.6 Å². The molecule has 3 aliphatic rings. The van der Waals surface area contributed by atoms with Gasteiger partial charge >= 0.3 is 0 Å². The maximum Gasteiger partial charge on any atom is 0.241 e. The molecule has 3 aliphatic heterocycles. The number of piperazine rings is 1. The van der Waals surface area contributed by atoms with Crippen molar-refractivity contribution in [2.75, 3.05) is 57.4 Å². The van der Waals surface area contributed by atoms with Crippen molar-refractivity contribution >= 4 is 11.6 Å². The van der Waals surface area contributed by atoms with Crippen LogP contribution in [0.4, 0.5) is 10.1 Å². The molecule has 8 nitrogen and oxygen atoms in total. The van der Waals surface area contributed by atoms with E-state index in [1.165, 1.54) is 12.1 Å². The van der Waals surface area contributed by atoms with E-state index >= 15 is 0 Å². The molecule has 0 spiro atoms. The molecular formula is C31H44FN5O3. The lowest BCUT2D eigenvalue weighted by Gasteiger charge is -2.44. The van der Waals surface area contributed by atoms with Crippen LogP contribution >= 0.6 is 0 Å². The highest BCUT2D eigenvalue weighted by molar-refractivity contribution is 5.97. The molecule has 5 rings (SSSR count). The molecule has 40 heavy (non-hydrogen) atoms. The van der Waals surface area contributed by atoms with Gasteiger partial charge in [-0.05, 0) is 61.9 Å². The number of morpholine rings is 1. The first-order valence-corrected chi connectivity index (χ1v) is 14.7. The van der Waals surface area contributed by atoms with Gasteiger partial charge in [-0.3, -0.25) is 19.5 Å². The largest absolute Gasteiger partial charge is 0.474 e. The minimum atomic E-state index is -0.252. The fraction of sp³-hybridized carbons (Fsp3) is 0.613. The Morgan fingerprint density at radius 2 is 1.93 bits per heavy atom. The second-order valence-corrected chi connectivity index (χ2v) is 12.1. The van der Waals surface area contributed by atoms with Crippen LogP contribution in [0.2, 0.25) is 0 Å². The molecule has 1 N–H and O–H groups in total. The summed E-state index contributed by atoms with van der Waals surface area (Å²) in [5, 5.41) is 3.63. The number of pyridine rings is 1. The highest BCUT2D eigenvalue weighted by Crippen LogP contribution is 2.35. The number of rotatable bonds is 8. The summed E-state index contributed by atoms with van der Waals surface area (Å²) in [4.78, 5) is 25.7. The molecule has 218 valence electrons.